The second-order valence-electron chi connectivity index (χ2n) is 7.23. The maximum absolute atomic E-state index is 12.1. The monoisotopic (exact) mass is 336 g/mol. The summed E-state index contributed by atoms with van der Waals surface area (Å²) in [4.78, 5) is 26.4. The Labute approximate surface area is 144 Å². The van der Waals surface area contributed by atoms with Crippen LogP contribution < -0.4 is 10.5 Å². The van der Waals surface area contributed by atoms with E-state index in [1.807, 2.05) is 19.1 Å². The van der Waals surface area contributed by atoms with E-state index in [1.165, 1.54) is 12.8 Å². The van der Waals surface area contributed by atoms with Crippen LogP contribution in [-0.2, 0) is 6.54 Å². The van der Waals surface area contributed by atoms with Crippen LogP contribution in [0.1, 0.15) is 30.1 Å². The van der Waals surface area contributed by atoms with E-state index in [9.17, 15) is 4.79 Å². The SMILES string of the molecule is Cc1cc2ncnc(N3CC(Cn4nc(C5CC5)ccc4=O)C3)c2[nH]1. The molecular formula is C18H20N6O. The Hall–Kier alpha value is -2.70. The van der Waals surface area contributed by atoms with E-state index in [1.54, 1.807) is 17.1 Å². The third-order valence-corrected chi connectivity index (χ3v) is 5.10. The van der Waals surface area contributed by atoms with Gasteiger partial charge in [0, 0.05) is 36.7 Å². The number of aryl methyl sites for hydroxylation is 1. The first-order valence-corrected chi connectivity index (χ1v) is 8.81. The van der Waals surface area contributed by atoms with Gasteiger partial charge >= 0.3 is 0 Å². The maximum Gasteiger partial charge on any atom is 0.266 e. The summed E-state index contributed by atoms with van der Waals surface area (Å²) in [5.74, 6) is 1.93. The van der Waals surface area contributed by atoms with Gasteiger partial charge in [0.2, 0.25) is 0 Å². The van der Waals surface area contributed by atoms with E-state index >= 15 is 0 Å². The van der Waals surface area contributed by atoms with Crippen molar-refractivity contribution >= 4 is 16.9 Å². The molecule has 2 aliphatic rings. The summed E-state index contributed by atoms with van der Waals surface area (Å²) in [6, 6.07) is 5.58. The highest BCUT2D eigenvalue weighted by Gasteiger charge is 2.31. The summed E-state index contributed by atoms with van der Waals surface area (Å²) in [7, 11) is 0. The van der Waals surface area contributed by atoms with E-state index in [2.05, 4.69) is 25.0 Å². The molecule has 25 heavy (non-hydrogen) atoms. The molecule has 5 rings (SSSR count). The second kappa shape index (κ2) is 5.40. The normalized spacial score (nSPS) is 17.9. The van der Waals surface area contributed by atoms with E-state index in [0.29, 0.717) is 18.4 Å². The van der Waals surface area contributed by atoms with Crippen molar-refractivity contribution in [2.24, 2.45) is 5.92 Å². The largest absolute Gasteiger partial charge is 0.354 e. The molecular weight excluding hydrogens is 316 g/mol. The Bertz CT molecular complexity index is 996. The first-order chi connectivity index (χ1) is 12.2. The zero-order valence-electron chi connectivity index (χ0n) is 14.1. The summed E-state index contributed by atoms with van der Waals surface area (Å²) in [6.45, 7) is 4.46. The minimum Gasteiger partial charge on any atom is -0.354 e. The van der Waals surface area contributed by atoms with E-state index in [-0.39, 0.29) is 5.56 Å². The number of anilines is 1. The number of hydrogen-bond donors (Lipinski definition) is 1. The van der Waals surface area contributed by atoms with Gasteiger partial charge in [-0.15, -0.1) is 0 Å². The van der Waals surface area contributed by atoms with Crippen molar-refractivity contribution in [1.82, 2.24) is 24.7 Å². The number of rotatable bonds is 4. The zero-order chi connectivity index (χ0) is 17.0. The smallest absolute Gasteiger partial charge is 0.266 e. The van der Waals surface area contributed by atoms with Crippen LogP contribution in [0.5, 0.6) is 0 Å². The predicted molar refractivity (Wildman–Crippen MR) is 94.8 cm³/mol. The third-order valence-electron chi connectivity index (χ3n) is 5.10. The van der Waals surface area contributed by atoms with Crippen molar-refractivity contribution in [2.45, 2.75) is 32.2 Å². The quantitative estimate of drug-likeness (QED) is 0.786. The maximum atomic E-state index is 12.1. The van der Waals surface area contributed by atoms with Crippen molar-refractivity contribution in [2.75, 3.05) is 18.0 Å². The lowest BCUT2D eigenvalue weighted by atomic mass is 10.00. The fourth-order valence-electron chi connectivity index (χ4n) is 3.59. The van der Waals surface area contributed by atoms with E-state index < -0.39 is 0 Å². The fourth-order valence-corrected chi connectivity index (χ4v) is 3.59. The van der Waals surface area contributed by atoms with E-state index in [0.717, 1.165) is 41.3 Å². The Kier molecular flexibility index (Phi) is 3.16. The van der Waals surface area contributed by atoms with Gasteiger partial charge in [-0.3, -0.25) is 4.79 Å². The Morgan fingerprint density at radius 2 is 2.08 bits per heavy atom. The lowest BCUT2D eigenvalue weighted by Crippen LogP contribution is -2.50. The van der Waals surface area contributed by atoms with Gasteiger partial charge in [0.15, 0.2) is 5.82 Å². The molecule has 0 atom stereocenters. The molecule has 1 saturated heterocycles. The Morgan fingerprint density at radius 1 is 1.24 bits per heavy atom. The third kappa shape index (κ3) is 2.59. The number of aromatic nitrogens is 5. The van der Waals surface area contributed by atoms with Crippen LogP contribution in [0.3, 0.4) is 0 Å². The molecule has 4 heterocycles. The van der Waals surface area contributed by atoms with Crippen LogP contribution in [0.25, 0.3) is 11.0 Å². The van der Waals surface area contributed by atoms with Crippen LogP contribution in [0.15, 0.2) is 29.3 Å². The standard InChI is InChI=1S/C18H20N6O/c1-11-6-15-17(21-11)18(20-10-19-15)23-7-12(8-23)9-24-16(25)5-4-14(22-24)13-2-3-13/h4-6,10,12-13,21H,2-3,7-9H2,1H3. The number of hydrogen-bond acceptors (Lipinski definition) is 5. The second-order valence-corrected chi connectivity index (χ2v) is 7.23. The van der Waals surface area contributed by atoms with Gasteiger partial charge in [-0.25, -0.2) is 14.6 Å². The lowest BCUT2D eigenvalue weighted by Gasteiger charge is -2.40. The van der Waals surface area contributed by atoms with Crippen LogP contribution in [-0.4, -0.2) is 37.8 Å². The minimum atomic E-state index is -0.00716. The summed E-state index contributed by atoms with van der Waals surface area (Å²) in [6.07, 6.45) is 4.01. The molecule has 2 fully saturated rings. The molecule has 3 aromatic heterocycles. The van der Waals surface area contributed by atoms with Gasteiger partial charge in [-0.2, -0.15) is 5.10 Å². The highest BCUT2D eigenvalue weighted by molar-refractivity contribution is 5.87. The van der Waals surface area contributed by atoms with Crippen molar-refractivity contribution in [3.63, 3.8) is 0 Å². The molecule has 0 unspecified atom stereocenters. The summed E-state index contributed by atoms with van der Waals surface area (Å²) in [5, 5.41) is 4.56. The minimum absolute atomic E-state index is 0.00716. The first-order valence-electron chi connectivity index (χ1n) is 8.81. The van der Waals surface area contributed by atoms with Crippen LogP contribution >= 0.6 is 0 Å². The zero-order valence-corrected chi connectivity index (χ0v) is 14.1. The van der Waals surface area contributed by atoms with Crippen LogP contribution in [0.2, 0.25) is 0 Å². The molecule has 1 aliphatic heterocycles. The van der Waals surface area contributed by atoms with Gasteiger partial charge in [-0.1, -0.05) is 0 Å². The van der Waals surface area contributed by atoms with Crippen LogP contribution in [0, 0.1) is 12.8 Å². The Morgan fingerprint density at radius 3 is 2.88 bits per heavy atom. The average Bonchev–Trinajstić information content (AvgIpc) is 3.33. The molecule has 1 N–H and O–H groups in total. The number of fused-ring (bicyclic) bond motifs is 1. The molecule has 1 saturated carbocycles. The van der Waals surface area contributed by atoms with Gasteiger partial charge in [0.1, 0.15) is 11.8 Å². The topological polar surface area (TPSA) is 79.7 Å². The molecule has 0 bridgehead atoms. The lowest BCUT2D eigenvalue weighted by molar-refractivity contribution is 0.331. The number of H-pyrrole nitrogens is 1. The summed E-state index contributed by atoms with van der Waals surface area (Å²) < 4.78 is 1.64. The highest BCUT2D eigenvalue weighted by Crippen LogP contribution is 2.38. The molecule has 1 aliphatic carbocycles. The molecule has 7 nitrogen and oxygen atoms in total. The highest BCUT2D eigenvalue weighted by atomic mass is 16.1. The Balaban J connectivity index is 1.32. The molecule has 0 aromatic carbocycles. The molecule has 0 spiro atoms. The van der Waals surface area contributed by atoms with Crippen molar-refractivity contribution in [1.29, 1.82) is 0 Å². The average molecular weight is 336 g/mol. The van der Waals surface area contributed by atoms with E-state index in [4.69, 9.17) is 0 Å². The molecule has 7 heteroatoms. The van der Waals surface area contributed by atoms with Crippen molar-refractivity contribution in [3.05, 3.63) is 46.3 Å². The summed E-state index contributed by atoms with van der Waals surface area (Å²) in [5.41, 5.74) is 4.08. The number of nitrogens with zero attached hydrogens (tertiary/aromatic N) is 5. The fraction of sp³-hybridized carbons (Fsp3) is 0.444. The van der Waals surface area contributed by atoms with Gasteiger partial charge in [0.25, 0.3) is 5.56 Å². The van der Waals surface area contributed by atoms with Crippen molar-refractivity contribution < 1.29 is 0 Å². The number of nitrogens with one attached hydrogen (secondary N) is 1. The first kappa shape index (κ1) is 14.6. The molecule has 0 amide bonds. The molecule has 128 valence electrons. The van der Waals surface area contributed by atoms with Crippen LogP contribution in [0.4, 0.5) is 5.82 Å². The molecule has 0 radical (unpaired) electrons. The molecule has 3 aromatic rings. The van der Waals surface area contributed by atoms with Gasteiger partial charge < -0.3 is 9.88 Å². The summed E-state index contributed by atoms with van der Waals surface area (Å²) >= 11 is 0. The predicted octanol–water partition coefficient (Wildman–Crippen LogP) is 1.84. The van der Waals surface area contributed by atoms with Crippen molar-refractivity contribution in [3.8, 4) is 0 Å². The van der Waals surface area contributed by atoms with Gasteiger partial charge in [0.05, 0.1) is 17.8 Å². The van der Waals surface area contributed by atoms with Gasteiger partial charge in [-0.05, 0) is 31.9 Å². The number of aromatic amines is 1.